The van der Waals surface area contributed by atoms with Crippen LogP contribution >= 0.6 is 12.2 Å². The van der Waals surface area contributed by atoms with Gasteiger partial charge < -0.3 is 5.73 Å². The molecule has 15 heavy (non-hydrogen) atoms. The lowest BCUT2D eigenvalue weighted by molar-refractivity contribution is 0.187. The number of rotatable bonds is 5. The van der Waals surface area contributed by atoms with Gasteiger partial charge in [0.25, 0.3) is 0 Å². The topological polar surface area (TPSA) is 29.3 Å². The van der Waals surface area contributed by atoms with Crippen molar-refractivity contribution in [2.45, 2.75) is 52.0 Å². The lowest BCUT2D eigenvalue weighted by atomic mass is 10.0. The Morgan fingerprint density at radius 3 is 2.80 bits per heavy atom. The van der Waals surface area contributed by atoms with Crippen molar-refractivity contribution in [1.29, 1.82) is 0 Å². The molecule has 1 rings (SSSR count). The van der Waals surface area contributed by atoms with E-state index in [4.69, 9.17) is 18.0 Å². The van der Waals surface area contributed by atoms with Crippen LogP contribution in [-0.2, 0) is 0 Å². The molecule has 3 heteroatoms. The first kappa shape index (κ1) is 12.9. The van der Waals surface area contributed by atoms with Gasteiger partial charge in [-0.3, -0.25) is 4.90 Å². The molecule has 0 aromatic heterocycles. The summed E-state index contributed by atoms with van der Waals surface area (Å²) in [7, 11) is 0. The molecule has 1 fully saturated rings. The molecule has 0 aliphatic carbocycles. The molecule has 0 saturated carbocycles. The summed E-state index contributed by atoms with van der Waals surface area (Å²) in [5.74, 6) is 0.804. The Morgan fingerprint density at radius 2 is 2.20 bits per heavy atom. The number of nitrogens with two attached hydrogens (primary N) is 1. The molecule has 2 nitrogen and oxygen atoms in total. The lowest BCUT2D eigenvalue weighted by Gasteiger charge is -2.35. The highest BCUT2D eigenvalue weighted by Crippen LogP contribution is 2.18. The minimum Gasteiger partial charge on any atom is -0.392 e. The van der Waals surface area contributed by atoms with Crippen molar-refractivity contribution in [2.75, 3.05) is 13.1 Å². The maximum Gasteiger partial charge on any atom is 0.0902 e. The Bertz CT molecular complexity index is 204. The van der Waals surface area contributed by atoms with Crippen molar-refractivity contribution in [3.05, 3.63) is 0 Å². The number of hydrogen-bond acceptors (Lipinski definition) is 2. The first-order valence-corrected chi connectivity index (χ1v) is 6.55. The molecule has 0 radical (unpaired) electrons. The molecule has 0 bridgehead atoms. The summed E-state index contributed by atoms with van der Waals surface area (Å²) in [5, 5.41) is 0. The van der Waals surface area contributed by atoms with Crippen LogP contribution in [0.2, 0.25) is 0 Å². The molecule has 0 aromatic rings. The highest BCUT2D eigenvalue weighted by molar-refractivity contribution is 7.80. The molecule has 1 aliphatic heterocycles. The fraction of sp³-hybridized carbons (Fsp3) is 0.917. The van der Waals surface area contributed by atoms with Gasteiger partial charge in [0, 0.05) is 0 Å². The molecule has 1 aliphatic rings. The third-order valence-corrected chi connectivity index (χ3v) is 3.44. The normalized spacial score (nSPS) is 23.3. The van der Waals surface area contributed by atoms with Crippen molar-refractivity contribution >= 4 is 17.2 Å². The van der Waals surface area contributed by atoms with E-state index in [0.29, 0.717) is 11.0 Å². The Balaban J connectivity index is 2.33. The van der Waals surface area contributed by atoms with Gasteiger partial charge in [0.05, 0.1) is 11.0 Å². The number of nitrogens with zero attached hydrogens (tertiary/aromatic N) is 1. The molecule has 2 N–H and O–H groups in total. The van der Waals surface area contributed by atoms with Gasteiger partial charge in [-0.25, -0.2) is 0 Å². The number of likely N-dealkylation sites (tertiary alicyclic amines) is 1. The van der Waals surface area contributed by atoms with Crippen molar-refractivity contribution in [1.82, 2.24) is 4.90 Å². The molecule has 0 amide bonds. The van der Waals surface area contributed by atoms with Crippen LogP contribution in [0.4, 0.5) is 0 Å². The zero-order valence-electron chi connectivity index (χ0n) is 10.0. The van der Waals surface area contributed by atoms with Crippen LogP contribution in [0.5, 0.6) is 0 Å². The highest BCUT2D eigenvalue weighted by atomic mass is 32.1. The zero-order chi connectivity index (χ0) is 11.3. The van der Waals surface area contributed by atoms with Crippen LogP contribution in [-0.4, -0.2) is 29.0 Å². The number of piperidine rings is 1. The number of thiocarbonyl (C=S) groups is 1. The maximum absolute atomic E-state index is 5.78. The average Bonchev–Trinajstić information content (AvgIpc) is 2.17. The molecule has 1 unspecified atom stereocenters. The fourth-order valence-corrected chi connectivity index (χ4v) is 2.55. The Labute approximate surface area is 99.2 Å². The third-order valence-electron chi connectivity index (χ3n) is 3.17. The molecule has 1 heterocycles. The molecule has 0 aromatic carbocycles. The summed E-state index contributed by atoms with van der Waals surface area (Å²) in [5.41, 5.74) is 5.78. The second-order valence-corrected chi connectivity index (χ2v) is 5.46. The molecule has 0 spiro atoms. The van der Waals surface area contributed by atoms with Gasteiger partial charge in [0.15, 0.2) is 0 Å². The van der Waals surface area contributed by atoms with Crippen LogP contribution < -0.4 is 5.73 Å². The summed E-state index contributed by atoms with van der Waals surface area (Å²) in [6.45, 7) is 6.91. The van der Waals surface area contributed by atoms with Crippen LogP contribution in [0, 0.1) is 5.92 Å². The minimum absolute atomic E-state index is 0.376. The second kappa shape index (κ2) is 6.44. The van der Waals surface area contributed by atoms with Gasteiger partial charge in [-0.2, -0.15) is 0 Å². The predicted octanol–water partition coefficient (Wildman–Crippen LogP) is 2.56. The van der Waals surface area contributed by atoms with Crippen LogP contribution in [0.15, 0.2) is 0 Å². The van der Waals surface area contributed by atoms with E-state index >= 15 is 0 Å². The quantitative estimate of drug-likeness (QED) is 0.733. The van der Waals surface area contributed by atoms with Crippen molar-refractivity contribution in [3.63, 3.8) is 0 Å². The van der Waals surface area contributed by atoms with E-state index in [1.807, 2.05) is 0 Å². The maximum atomic E-state index is 5.78. The van der Waals surface area contributed by atoms with Gasteiger partial charge in [0.2, 0.25) is 0 Å². The van der Waals surface area contributed by atoms with Gasteiger partial charge in [0.1, 0.15) is 0 Å². The van der Waals surface area contributed by atoms with E-state index < -0.39 is 0 Å². The van der Waals surface area contributed by atoms with Gasteiger partial charge in [-0.15, -0.1) is 0 Å². The Morgan fingerprint density at radius 1 is 1.47 bits per heavy atom. The van der Waals surface area contributed by atoms with E-state index in [0.717, 1.165) is 12.3 Å². The van der Waals surface area contributed by atoms with Crippen molar-refractivity contribution in [2.24, 2.45) is 11.7 Å². The van der Waals surface area contributed by atoms with Crippen LogP contribution in [0.25, 0.3) is 0 Å². The standard InChI is InChI=1S/C12H24N2S/c1-10(2)6-5-9-14-8-4-3-7-11(14)12(13)15/h10-11H,3-9H2,1-2H3,(H2,13,15). The van der Waals surface area contributed by atoms with Crippen LogP contribution in [0.3, 0.4) is 0 Å². The predicted molar refractivity (Wildman–Crippen MR) is 70.1 cm³/mol. The molecular weight excluding hydrogens is 204 g/mol. The van der Waals surface area contributed by atoms with Gasteiger partial charge in [-0.05, 0) is 44.7 Å². The smallest absolute Gasteiger partial charge is 0.0902 e. The monoisotopic (exact) mass is 228 g/mol. The largest absolute Gasteiger partial charge is 0.392 e. The fourth-order valence-electron chi connectivity index (χ4n) is 2.28. The summed E-state index contributed by atoms with van der Waals surface area (Å²) < 4.78 is 0. The van der Waals surface area contributed by atoms with Crippen molar-refractivity contribution < 1.29 is 0 Å². The van der Waals surface area contributed by atoms with E-state index in [2.05, 4.69) is 18.7 Å². The Kier molecular flexibility index (Phi) is 5.54. The summed E-state index contributed by atoms with van der Waals surface area (Å²) >= 11 is 5.13. The van der Waals surface area contributed by atoms with E-state index in [1.54, 1.807) is 0 Å². The third kappa shape index (κ3) is 4.47. The molecule has 1 saturated heterocycles. The minimum atomic E-state index is 0.376. The molecule has 88 valence electrons. The second-order valence-electron chi connectivity index (χ2n) is 4.99. The first-order chi connectivity index (χ1) is 7.11. The first-order valence-electron chi connectivity index (χ1n) is 6.14. The van der Waals surface area contributed by atoms with E-state index in [1.165, 1.54) is 38.8 Å². The van der Waals surface area contributed by atoms with E-state index in [-0.39, 0.29) is 0 Å². The number of hydrogen-bond donors (Lipinski definition) is 1. The highest BCUT2D eigenvalue weighted by Gasteiger charge is 2.23. The van der Waals surface area contributed by atoms with Crippen LogP contribution in [0.1, 0.15) is 46.0 Å². The van der Waals surface area contributed by atoms with Gasteiger partial charge in [-0.1, -0.05) is 32.5 Å². The van der Waals surface area contributed by atoms with E-state index in [9.17, 15) is 0 Å². The molecular formula is C12H24N2S. The summed E-state index contributed by atoms with van der Waals surface area (Å²) in [4.78, 5) is 3.17. The summed E-state index contributed by atoms with van der Waals surface area (Å²) in [6, 6.07) is 0.376. The van der Waals surface area contributed by atoms with Gasteiger partial charge >= 0.3 is 0 Å². The summed E-state index contributed by atoms with van der Waals surface area (Å²) in [6.07, 6.45) is 6.33. The van der Waals surface area contributed by atoms with Crippen molar-refractivity contribution in [3.8, 4) is 0 Å². The lowest BCUT2D eigenvalue weighted by Crippen LogP contribution is -2.47. The average molecular weight is 228 g/mol. The zero-order valence-corrected chi connectivity index (χ0v) is 10.9. The SMILES string of the molecule is CC(C)CCCN1CCCCC1C(N)=S. The molecule has 1 atom stereocenters. The Hall–Kier alpha value is -0.150.